The lowest BCUT2D eigenvalue weighted by Crippen LogP contribution is -2.30. The molecule has 1 aliphatic heterocycles. The summed E-state index contributed by atoms with van der Waals surface area (Å²) in [6.07, 6.45) is 3.12. The minimum atomic E-state index is -0.986. The van der Waals surface area contributed by atoms with Crippen LogP contribution in [0.15, 0.2) is 18.2 Å². The molecule has 3 rings (SSSR count). The molecule has 0 radical (unpaired) electrons. The molecule has 2 aliphatic rings. The van der Waals surface area contributed by atoms with Crippen molar-refractivity contribution in [3.05, 3.63) is 34.1 Å². The van der Waals surface area contributed by atoms with E-state index in [-0.39, 0.29) is 29.3 Å². The molecule has 21 heavy (non-hydrogen) atoms. The highest BCUT2D eigenvalue weighted by Crippen LogP contribution is 2.40. The molecule has 0 spiro atoms. The van der Waals surface area contributed by atoms with Crippen LogP contribution in [0.4, 0.5) is 15.8 Å². The molecule has 1 aromatic rings. The number of benzene rings is 1. The van der Waals surface area contributed by atoms with E-state index in [2.05, 4.69) is 0 Å². The summed E-state index contributed by atoms with van der Waals surface area (Å²) < 4.78 is 13.4. The van der Waals surface area contributed by atoms with Gasteiger partial charge < -0.3 is 0 Å². The number of carbonyl (C=O) groups is 2. The van der Waals surface area contributed by atoms with Crippen molar-refractivity contribution in [2.45, 2.75) is 25.7 Å². The van der Waals surface area contributed by atoms with Crippen molar-refractivity contribution >= 4 is 23.2 Å². The fraction of sp³-hybridized carbons (Fsp3) is 0.429. The van der Waals surface area contributed by atoms with Crippen molar-refractivity contribution in [1.29, 1.82) is 0 Å². The van der Waals surface area contributed by atoms with E-state index in [0.717, 1.165) is 29.9 Å². The molecule has 0 bridgehead atoms. The highest BCUT2D eigenvalue weighted by atomic mass is 19.1. The Kier molecular flexibility index (Phi) is 3.19. The van der Waals surface area contributed by atoms with Crippen LogP contribution < -0.4 is 4.90 Å². The molecule has 2 amide bonds. The number of rotatable bonds is 2. The zero-order valence-electron chi connectivity index (χ0n) is 11.1. The van der Waals surface area contributed by atoms with E-state index >= 15 is 0 Å². The molecule has 2 fully saturated rings. The fourth-order valence-electron chi connectivity index (χ4n) is 3.20. The maximum atomic E-state index is 13.4. The Morgan fingerprint density at radius 2 is 1.71 bits per heavy atom. The minimum absolute atomic E-state index is 0.0764. The van der Waals surface area contributed by atoms with Gasteiger partial charge in [0.1, 0.15) is 0 Å². The first-order chi connectivity index (χ1) is 10.0. The van der Waals surface area contributed by atoms with E-state index in [0.29, 0.717) is 12.8 Å². The van der Waals surface area contributed by atoms with Crippen LogP contribution in [0.3, 0.4) is 0 Å². The number of amides is 2. The van der Waals surface area contributed by atoms with Gasteiger partial charge in [-0.3, -0.25) is 19.7 Å². The summed E-state index contributed by atoms with van der Waals surface area (Å²) in [7, 11) is 0. The van der Waals surface area contributed by atoms with E-state index in [1.54, 1.807) is 0 Å². The first-order valence-corrected chi connectivity index (χ1v) is 6.82. The lowest BCUT2D eigenvalue weighted by Gasteiger charge is -2.19. The molecule has 1 aromatic carbocycles. The maximum absolute atomic E-state index is 13.4. The van der Waals surface area contributed by atoms with Crippen LogP contribution >= 0.6 is 0 Å². The Hall–Kier alpha value is -2.31. The second-order valence-corrected chi connectivity index (χ2v) is 5.40. The van der Waals surface area contributed by atoms with Crippen LogP contribution in [-0.2, 0) is 9.59 Å². The Morgan fingerprint density at radius 3 is 2.24 bits per heavy atom. The zero-order valence-corrected chi connectivity index (χ0v) is 11.1. The van der Waals surface area contributed by atoms with E-state index < -0.39 is 16.4 Å². The van der Waals surface area contributed by atoms with E-state index in [4.69, 9.17) is 0 Å². The van der Waals surface area contributed by atoms with Crippen molar-refractivity contribution in [3.8, 4) is 0 Å². The molecule has 2 atom stereocenters. The normalized spacial score (nSPS) is 25.1. The van der Waals surface area contributed by atoms with Crippen molar-refractivity contribution in [2.75, 3.05) is 4.90 Å². The third-order valence-electron chi connectivity index (χ3n) is 4.23. The largest absolute Gasteiger partial charge is 0.306 e. The Bertz CT molecular complexity index is 622. The number of nitro groups is 1. The first-order valence-electron chi connectivity index (χ1n) is 6.82. The van der Waals surface area contributed by atoms with Gasteiger partial charge in [0.25, 0.3) is 0 Å². The smallest absolute Gasteiger partial charge is 0.274 e. The summed E-state index contributed by atoms with van der Waals surface area (Å²) in [5.74, 6) is -2.32. The molecular formula is C14H13FN2O4. The standard InChI is InChI=1S/C14H13FN2O4/c15-11-6-5-8(7-12(11)17(20)21)16-13(18)9-3-1-2-4-10(9)14(16)19/h5-7,9-10H,1-4H2. The van der Waals surface area contributed by atoms with E-state index in [1.807, 2.05) is 0 Å². The molecule has 6 nitrogen and oxygen atoms in total. The average molecular weight is 292 g/mol. The molecule has 7 heteroatoms. The summed E-state index contributed by atoms with van der Waals surface area (Å²) in [6, 6.07) is 3.09. The number of halogens is 1. The SMILES string of the molecule is O=C1C2CCCCC2C(=O)N1c1ccc(F)c([N+](=O)[O-])c1. The second kappa shape index (κ2) is 4.91. The van der Waals surface area contributed by atoms with Crippen LogP contribution in [0.25, 0.3) is 0 Å². The summed E-state index contributed by atoms with van der Waals surface area (Å²) in [6.45, 7) is 0. The zero-order chi connectivity index (χ0) is 15.1. The highest BCUT2D eigenvalue weighted by molar-refractivity contribution is 6.22. The number of hydrogen-bond donors (Lipinski definition) is 0. The predicted octanol–water partition coefficient (Wildman–Crippen LogP) is 2.41. The van der Waals surface area contributed by atoms with Gasteiger partial charge in [-0.05, 0) is 25.0 Å². The summed E-state index contributed by atoms with van der Waals surface area (Å²) in [5.41, 5.74) is -0.657. The molecule has 1 aliphatic carbocycles. The van der Waals surface area contributed by atoms with Crippen molar-refractivity contribution in [2.24, 2.45) is 11.8 Å². The number of fused-ring (bicyclic) bond motifs is 1. The molecule has 2 unspecified atom stereocenters. The van der Waals surface area contributed by atoms with Gasteiger partial charge in [0.2, 0.25) is 17.6 Å². The third kappa shape index (κ3) is 2.09. The number of nitro benzene ring substituents is 1. The summed E-state index contributed by atoms with van der Waals surface area (Å²) in [5, 5.41) is 10.8. The number of hydrogen-bond acceptors (Lipinski definition) is 4. The van der Waals surface area contributed by atoms with Crippen LogP contribution in [0.1, 0.15) is 25.7 Å². The van der Waals surface area contributed by atoms with Gasteiger partial charge in [-0.1, -0.05) is 12.8 Å². The van der Waals surface area contributed by atoms with E-state index in [9.17, 15) is 24.1 Å². The highest BCUT2D eigenvalue weighted by Gasteiger charge is 2.48. The number of imide groups is 1. The molecule has 1 heterocycles. The van der Waals surface area contributed by atoms with Crippen molar-refractivity contribution < 1.29 is 18.9 Å². The first kappa shape index (κ1) is 13.7. The molecule has 0 N–H and O–H groups in total. The van der Waals surface area contributed by atoms with Crippen molar-refractivity contribution in [3.63, 3.8) is 0 Å². The molecule has 0 aromatic heterocycles. The minimum Gasteiger partial charge on any atom is -0.274 e. The summed E-state index contributed by atoms with van der Waals surface area (Å²) in [4.78, 5) is 35.6. The number of nitrogens with zero attached hydrogens (tertiary/aromatic N) is 2. The third-order valence-corrected chi connectivity index (χ3v) is 4.23. The Labute approximate surface area is 119 Å². The topological polar surface area (TPSA) is 80.5 Å². The van der Waals surface area contributed by atoms with Crippen LogP contribution in [0, 0.1) is 27.8 Å². The number of carbonyl (C=O) groups excluding carboxylic acids is 2. The van der Waals surface area contributed by atoms with E-state index in [1.165, 1.54) is 6.07 Å². The second-order valence-electron chi connectivity index (χ2n) is 5.40. The fourth-order valence-corrected chi connectivity index (χ4v) is 3.20. The number of anilines is 1. The molecule has 1 saturated heterocycles. The molecular weight excluding hydrogens is 279 g/mol. The summed E-state index contributed by atoms with van der Waals surface area (Å²) >= 11 is 0. The van der Waals surface area contributed by atoms with Crippen molar-refractivity contribution in [1.82, 2.24) is 0 Å². The molecule has 1 saturated carbocycles. The average Bonchev–Trinajstić information content (AvgIpc) is 2.72. The van der Waals surface area contributed by atoms with Gasteiger partial charge >= 0.3 is 5.69 Å². The van der Waals surface area contributed by atoms with Gasteiger partial charge in [0, 0.05) is 6.07 Å². The lowest BCUT2D eigenvalue weighted by molar-refractivity contribution is -0.387. The van der Waals surface area contributed by atoms with Gasteiger partial charge in [0.05, 0.1) is 22.4 Å². The Balaban J connectivity index is 2.00. The quantitative estimate of drug-likeness (QED) is 0.476. The maximum Gasteiger partial charge on any atom is 0.306 e. The van der Waals surface area contributed by atoms with Gasteiger partial charge in [0.15, 0.2) is 0 Å². The Morgan fingerprint density at radius 1 is 1.14 bits per heavy atom. The lowest BCUT2D eigenvalue weighted by atomic mass is 9.81. The van der Waals surface area contributed by atoms with Crippen LogP contribution in [-0.4, -0.2) is 16.7 Å². The van der Waals surface area contributed by atoms with Gasteiger partial charge in [-0.25, -0.2) is 4.90 Å². The van der Waals surface area contributed by atoms with Crippen LogP contribution in [0.5, 0.6) is 0 Å². The monoisotopic (exact) mass is 292 g/mol. The van der Waals surface area contributed by atoms with Gasteiger partial charge in [-0.2, -0.15) is 4.39 Å². The molecule has 110 valence electrons. The van der Waals surface area contributed by atoms with Crippen LogP contribution in [0.2, 0.25) is 0 Å². The predicted molar refractivity (Wildman–Crippen MR) is 71.0 cm³/mol. The van der Waals surface area contributed by atoms with Gasteiger partial charge in [-0.15, -0.1) is 0 Å².